The maximum absolute atomic E-state index is 12.2. The van der Waals surface area contributed by atoms with Gasteiger partial charge in [-0.1, -0.05) is 37.3 Å². The van der Waals surface area contributed by atoms with Crippen molar-refractivity contribution in [3.8, 4) is 0 Å². The number of carbonyl (C=O) groups excluding carboxylic acids is 2. The lowest BCUT2D eigenvalue weighted by Crippen LogP contribution is -2.34. The first kappa shape index (κ1) is 19.7. The van der Waals surface area contributed by atoms with E-state index < -0.39 is 0 Å². The zero-order valence-corrected chi connectivity index (χ0v) is 16.5. The third kappa shape index (κ3) is 4.80. The first-order valence-electron chi connectivity index (χ1n) is 9.77. The van der Waals surface area contributed by atoms with Crippen molar-refractivity contribution >= 4 is 28.4 Å². The van der Waals surface area contributed by atoms with Gasteiger partial charge in [0.2, 0.25) is 11.8 Å². The van der Waals surface area contributed by atoms with Crippen LogP contribution in [0.5, 0.6) is 0 Å². The molecule has 2 amide bonds. The van der Waals surface area contributed by atoms with Crippen LogP contribution in [0.25, 0.3) is 10.9 Å². The summed E-state index contributed by atoms with van der Waals surface area (Å²) in [6, 6.07) is 16.1. The van der Waals surface area contributed by atoms with Crippen LogP contribution in [0.3, 0.4) is 0 Å². The fourth-order valence-electron chi connectivity index (χ4n) is 3.36. The quantitative estimate of drug-likeness (QED) is 0.626. The molecular formula is C23H27N3O2. The fraction of sp³-hybridized carbons (Fsp3) is 0.304. The molecule has 0 spiro atoms. The number of benzene rings is 2. The summed E-state index contributed by atoms with van der Waals surface area (Å²) in [6.07, 6.45) is 4.00. The minimum Gasteiger partial charge on any atom is -0.361 e. The van der Waals surface area contributed by atoms with Gasteiger partial charge in [-0.25, -0.2) is 0 Å². The molecule has 0 radical (unpaired) electrons. The van der Waals surface area contributed by atoms with Crippen LogP contribution in [-0.4, -0.2) is 29.9 Å². The fourth-order valence-corrected chi connectivity index (χ4v) is 3.36. The zero-order valence-electron chi connectivity index (χ0n) is 16.5. The van der Waals surface area contributed by atoms with Gasteiger partial charge in [0.25, 0.3) is 0 Å². The molecular weight excluding hydrogens is 350 g/mol. The van der Waals surface area contributed by atoms with Gasteiger partial charge in [-0.15, -0.1) is 0 Å². The summed E-state index contributed by atoms with van der Waals surface area (Å²) < 4.78 is 0. The largest absolute Gasteiger partial charge is 0.361 e. The average Bonchev–Trinajstić information content (AvgIpc) is 3.11. The van der Waals surface area contributed by atoms with E-state index in [9.17, 15) is 9.59 Å². The van der Waals surface area contributed by atoms with Crippen molar-refractivity contribution < 1.29 is 9.59 Å². The summed E-state index contributed by atoms with van der Waals surface area (Å²) in [5.74, 6) is -0.105. The number of H-pyrrole nitrogens is 1. The Kier molecular flexibility index (Phi) is 6.48. The molecule has 0 unspecified atom stereocenters. The molecule has 0 atom stereocenters. The number of aryl methyl sites for hydroxylation is 1. The van der Waals surface area contributed by atoms with Crippen LogP contribution in [0.2, 0.25) is 0 Å². The molecule has 0 saturated carbocycles. The predicted molar refractivity (Wildman–Crippen MR) is 113 cm³/mol. The Bertz CT molecular complexity index is 944. The topological polar surface area (TPSA) is 65.2 Å². The minimum atomic E-state index is -0.0594. The molecule has 146 valence electrons. The molecule has 2 aromatic carbocycles. The summed E-state index contributed by atoms with van der Waals surface area (Å²) in [7, 11) is 0. The Morgan fingerprint density at radius 2 is 1.82 bits per heavy atom. The van der Waals surface area contributed by atoms with Crippen molar-refractivity contribution in [1.29, 1.82) is 0 Å². The number of amides is 2. The van der Waals surface area contributed by atoms with Crippen LogP contribution in [0, 0.1) is 0 Å². The van der Waals surface area contributed by atoms with Crippen molar-refractivity contribution in [3.05, 3.63) is 65.9 Å². The summed E-state index contributed by atoms with van der Waals surface area (Å²) in [6.45, 7) is 4.58. The van der Waals surface area contributed by atoms with Gasteiger partial charge >= 0.3 is 0 Å². The second-order valence-electron chi connectivity index (χ2n) is 6.90. The van der Waals surface area contributed by atoms with Crippen molar-refractivity contribution in [2.75, 3.05) is 18.0 Å². The normalized spacial score (nSPS) is 10.8. The second-order valence-corrected chi connectivity index (χ2v) is 6.90. The van der Waals surface area contributed by atoms with Gasteiger partial charge in [-0.2, -0.15) is 0 Å². The van der Waals surface area contributed by atoms with E-state index in [4.69, 9.17) is 0 Å². The van der Waals surface area contributed by atoms with Crippen LogP contribution in [0.4, 0.5) is 5.69 Å². The van der Waals surface area contributed by atoms with E-state index in [0.717, 1.165) is 24.0 Å². The van der Waals surface area contributed by atoms with E-state index in [0.29, 0.717) is 13.1 Å². The highest BCUT2D eigenvalue weighted by Gasteiger charge is 2.13. The van der Waals surface area contributed by atoms with Gasteiger partial charge in [-0.05, 0) is 42.2 Å². The van der Waals surface area contributed by atoms with Crippen molar-refractivity contribution in [1.82, 2.24) is 10.3 Å². The molecule has 1 aromatic heterocycles. The van der Waals surface area contributed by atoms with Gasteiger partial charge in [0.1, 0.15) is 0 Å². The molecule has 0 saturated heterocycles. The minimum absolute atomic E-state index is 0.0451. The number of para-hydroxylation sites is 1. The molecule has 0 bridgehead atoms. The molecule has 5 nitrogen and oxygen atoms in total. The maximum Gasteiger partial charge on any atom is 0.223 e. The van der Waals surface area contributed by atoms with Crippen molar-refractivity contribution in [2.24, 2.45) is 0 Å². The van der Waals surface area contributed by atoms with Gasteiger partial charge in [0.15, 0.2) is 0 Å². The van der Waals surface area contributed by atoms with E-state index >= 15 is 0 Å². The third-order valence-corrected chi connectivity index (χ3v) is 4.99. The van der Waals surface area contributed by atoms with Gasteiger partial charge in [0, 0.05) is 49.2 Å². The molecule has 0 fully saturated rings. The van der Waals surface area contributed by atoms with Gasteiger partial charge in [0.05, 0.1) is 0 Å². The highest BCUT2D eigenvalue weighted by Crippen LogP contribution is 2.18. The van der Waals surface area contributed by atoms with Crippen molar-refractivity contribution in [3.63, 3.8) is 0 Å². The maximum atomic E-state index is 12.2. The monoisotopic (exact) mass is 377 g/mol. The molecule has 3 aromatic rings. The van der Waals surface area contributed by atoms with Crippen molar-refractivity contribution in [2.45, 2.75) is 33.1 Å². The second kappa shape index (κ2) is 9.22. The van der Waals surface area contributed by atoms with Crippen LogP contribution in [-0.2, 0) is 22.4 Å². The molecule has 28 heavy (non-hydrogen) atoms. The van der Waals surface area contributed by atoms with Crippen LogP contribution < -0.4 is 10.2 Å². The van der Waals surface area contributed by atoms with E-state index in [1.54, 1.807) is 4.90 Å². The number of fused-ring (bicyclic) bond motifs is 1. The number of carbonyl (C=O) groups is 2. The molecule has 0 aliphatic carbocycles. The van der Waals surface area contributed by atoms with Crippen LogP contribution >= 0.6 is 0 Å². The highest BCUT2D eigenvalue weighted by molar-refractivity contribution is 5.92. The standard InChI is InChI=1S/C23H27N3O2/c1-3-18-8-10-20(11-9-18)26(17(2)27)15-13-23(28)24-14-12-19-16-25-22-7-5-4-6-21(19)22/h4-11,16,25H,3,12-15H2,1-2H3,(H,24,28). The predicted octanol–water partition coefficient (Wildman–Crippen LogP) is 3.83. The Hall–Kier alpha value is -3.08. The number of aromatic nitrogens is 1. The summed E-state index contributed by atoms with van der Waals surface area (Å²) in [5, 5.41) is 4.15. The van der Waals surface area contributed by atoms with Crippen LogP contribution in [0.1, 0.15) is 31.4 Å². The Morgan fingerprint density at radius 1 is 1.07 bits per heavy atom. The number of aromatic amines is 1. The van der Waals surface area contributed by atoms with Gasteiger partial charge in [-0.3, -0.25) is 9.59 Å². The molecule has 0 aliphatic rings. The number of rotatable bonds is 8. The average molecular weight is 377 g/mol. The summed E-state index contributed by atoms with van der Waals surface area (Å²) in [5.41, 5.74) is 4.35. The number of nitrogens with zero attached hydrogens (tertiary/aromatic N) is 1. The Balaban J connectivity index is 1.49. The summed E-state index contributed by atoms with van der Waals surface area (Å²) in [4.78, 5) is 29.1. The summed E-state index contributed by atoms with van der Waals surface area (Å²) >= 11 is 0. The molecule has 3 rings (SSSR count). The van der Waals surface area contributed by atoms with E-state index in [1.165, 1.54) is 23.4 Å². The SMILES string of the molecule is CCc1ccc(N(CCC(=O)NCCc2c[nH]c3ccccc23)C(C)=O)cc1. The molecule has 5 heteroatoms. The first-order valence-corrected chi connectivity index (χ1v) is 9.77. The first-order chi connectivity index (χ1) is 13.6. The molecule has 2 N–H and O–H groups in total. The van der Waals surface area contributed by atoms with Crippen LogP contribution in [0.15, 0.2) is 54.7 Å². The van der Waals surface area contributed by atoms with Gasteiger partial charge < -0.3 is 15.2 Å². The molecule has 0 aliphatic heterocycles. The zero-order chi connectivity index (χ0) is 19.9. The van der Waals surface area contributed by atoms with E-state index in [1.807, 2.05) is 48.7 Å². The third-order valence-electron chi connectivity index (χ3n) is 4.99. The lowest BCUT2D eigenvalue weighted by Gasteiger charge is -2.21. The molecule has 1 heterocycles. The number of hydrogen-bond donors (Lipinski definition) is 2. The lowest BCUT2D eigenvalue weighted by atomic mass is 10.1. The highest BCUT2D eigenvalue weighted by atomic mass is 16.2. The van der Waals surface area contributed by atoms with E-state index in [-0.39, 0.29) is 18.2 Å². The number of anilines is 1. The smallest absolute Gasteiger partial charge is 0.223 e. The number of hydrogen-bond acceptors (Lipinski definition) is 2. The number of nitrogens with one attached hydrogen (secondary N) is 2. The van der Waals surface area contributed by atoms with E-state index in [2.05, 4.69) is 23.3 Å². The Morgan fingerprint density at radius 3 is 2.54 bits per heavy atom. The Labute approximate surface area is 165 Å². The lowest BCUT2D eigenvalue weighted by molar-refractivity contribution is -0.121.